The van der Waals surface area contributed by atoms with Gasteiger partial charge in [-0.25, -0.2) is 14.4 Å². The van der Waals surface area contributed by atoms with Gasteiger partial charge >= 0.3 is 0 Å². The van der Waals surface area contributed by atoms with Gasteiger partial charge in [-0.3, -0.25) is 0 Å². The van der Waals surface area contributed by atoms with Gasteiger partial charge in [0.2, 0.25) is 11.8 Å². The lowest BCUT2D eigenvalue weighted by atomic mass is 9.89. The van der Waals surface area contributed by atoms with Crippen LogP contribution in [0.15, 0.2) is 336 Å². The van der Waals surface area contributed by atoms with Gasteiger partial charge in [-0.2, -0.15) is 0 Å². The van der Waals surface area contributed by atoms with Gasteiger partial charge in [0.05, 0.1) is 22.1 Å². The molecule has 0 spiro atoms. The molecule has 0 atom stereocenters. The van der Waals surface area contributed by atoms with Gasteiger partial charge in [0.15, 0.2) is 11.2 Å². The highest BCUT2D eigenvalue weighted by Gasteiger charge is 2.19. The summed E-state index contributed by atoms with van der Waals surface area (Å²) >= 11 is 0. The van der Waals surface area contributed by atoms with Gasteiger partial charge in [0.1, 0.15) is 16.9 Å². The van der Waals surface area contributed by atoms with E-state index in [0.717, 1.165) is 72.5 Å². The molecule has 7 heteroatoms. The molecule has 0 radical (unpaired) electrons. The lowest BCUT2D eigenvalue weighted by molar-refractivity contribution is 0.602. The summed E-state index contributed by atoms with van der Waals surface area (Å²) in [6.45, 7) is 6.06. The molecular weight excluding hydrogens is 1180 g/mol. The van der Waals surface area contributed by atoms with E-state index in [0.29, 0.717) is 22.9 Å². The van der Waals surface area contributed by atoms with Crippen LogP contribution >= 0.6 is 0 Å². The van der Waals surface area contributed by atoms with E-state index in [1.165, 1.54) is 89.1 Å². The van der Waals surface area contributed by atoms with Crippen LogP contribution in [0, 0.1) is 12.7 Å². The SMILES string of the molecule is CC.Cc1ccc2nc(-c3ccc(-c4ccccc4-c4ccccc4-c4ccc(-n5c6ccccc6c6ccccc65)cc4)cc3)oc2c1.Fc1ccc2nc(-c3ccc(-c4ccccc4-c4ccccc4-c4ccc(-n5c6ccccc6c6ccccc65)cc4)cc3)oc2c1. The van der Waals surface area contributed by atoms with Crippen molar-refractivity contribution in [1.82, 2.24) is 19.1 Å². The van der Waals surface area contributed by atoms with Gasteiger partial charge in [-0.05, 0) is 176 Å². The Kier molecular flexibility index (Phi) is 15.4. The van der Waals surface area contributed by atoms with Gasteiger partial charge in [0, 0.05) is 50.1 Å². The third-order valence-electron chi connectivity index (χ3n) is 18.1. The number of rotatable bonds is 10. The third kappa shape index (κ3) is 10.8. The first-order valence-electron chi connectivity index (χ1n) is 32.6. The molecule has 6 nitrogen and oxygen atoms in total. The highest BCUT2D eigenvalue weighted by molar-refractivity contribution is 6.10. The summed E-state index contributed by atoms with van der Waals surface area (Å²) in [4.78, 5) is 9.27. The van der Waals surface area contributed by atoms with E-state index < -0.39 is 0 Å². The van der Waals surface area contributed by atoms with E-state index in [1.807, 2.05) is 38.1 Å². The molecule has 0 aliphatic heterocycles. The Bertz CT molecular complexity index is 5400. The fourth-order valence-corrected chi connectivity index (χ4v) is 13.6. The smallest absolute Gasteiger partial charge is 0.227 e. The van der Waals surface area contributed by atoms with Crippen molar-refractivity contribution in [2.24, 2.45) is 0 Å². The van der Waals surface area contributed by atoms with E-state index >= 15 is 0 Å². The first-order chi connectivity index (χ1) is 47.4. The summed E-state index contributed by atoms with van der Waals surface area (Å²) in [5, 5.41) is 5.05. The van der Waals surface area contributed by atoms with Crippen LogP contribution in [0.5, 0.6) is 0 Å². The first kappa shape index (κ1) is 58.6. The predicted molar refractivity (Wildman–Crippen MR) is 396 cm³/mol. The molecule has 0 saturated heterocycles. The van der Waals surface area contributed by atoms with Crippen LogP contribution in [0.1, 0.15) is 19.4 Å². The monoisotopic (exact) mass is 1240 g/mol. The number of aryl methyl sites for hydroxylation is 1. The second-order valence-corrected chi connectivity index (χ2v) is 23.8. The minimum absolute atomic E-state index is 0.341. The van der Waals surface area contributed by atoms with Crippen molar-refractivity contribution < 1.29 is 13.2 Å². The van der Waals surface area contributed by atoms with Crippen LogP contribution in [0.25, 0.3) is 167 Å². The fraction of sp³-hybridized carbons (Fsp3) is 0.0337. The lowest BCUT2D eigenvalue weighted by Gasteiger charge is -2.15. The fourth-order valence-electron chi connectivity index (χ4n) is 13.6. The number of halogens is 1. The summed E-state index contributed by atoms with van der Waals surface area (Å²) in [5.74, 6) is 0.770. The Morgan fingerprint density at radius 2 is 0.542 bits per heavy atom. The lowest BCUT2D eigenvalue weighted by Crippen LogP contribution is -1.94. The van der Waals surface area contributed by atoms with Crippen LogP contribution in [0.3, 0.4) is 0 Å². The zero-order chi connectivity index (χ0) is 64.6. The molecule has 0 N–H and O–H groups in total. The van der Waals surface area contributed by atoms with Crippen LogP contribution in [-0.2, 0) is 0 Å². The summed E-state index contributed by atoms with van der Waals surface area (Å²) in [7, 11) is 0. The number of aromatic nitrogens is 4. The van der Waals surface area contributed by atoms with E-state index in [2.05, 4.69) is 306 Å². The van der Waals surface area contributed by atoms with Gasteiger partial charge in [0.25, 0.3) is 0 Å². The van der Waals surface area contributed by atoms with Crippen molar-refractivity contribution in [3.63, 3.8) is 0 Å². The predicted octanol–water partition coefficient (Wildman–Crippen LogP) is 24.7. The molecule has 458 valence electrons. The zero-order valence-corrected chi connectivity index (χ0v) is 53.2. The summed E-state index contributed by atoms with van der Waals surface area (Å²) in [6, 6.07) is 114. The Hall–Kier alpha value is -12.5. The average molecular weight is 1240 g/mol. The van der Waals surface area contributed by atoms with E-state index in [4.69, 9.17) is 13.8 Å². The average Bonchev–Trinajstić information content (AvgIpc) is 1.56. The minimum atomic E-state index is -0.341. The number of benzene rings is 14. The van der Waals surface area contributed by atoms with Crippen LogP contribution in [-0.4, -0.2) is 19.1 Å². The van der Waals surface area contributed by atoms with Crippen molar-refractivity contribution in [3.05, 3.63) is 339 Å². The maximum Gasteiger partial charge on any atom is 0.227 e. The highest BCUT2D eigenvalue weighted by Crippen LogP contribution is 2.43. The van der Waals surface area contributed by atoms with Crippen LogP contribution < -0.4 is 0 Å². The molecule has 0 amide bonds. The van der Waals surface area contributed by atoms with Gasteiger partial charge in [-0.15, -0.1) is 0 Å². The zero-order valence-electron chi connectivity index (χ0n) is 53.2. The quantitative estimate of drug-likeness (QED) is 0.137. The Balaban J connectivity index is 0.000000147. The number of hydrogen-bond donors (Lipinski definition) is 0. The summed E-state index contributed by atoms with van der Waals surface area (Å²) < 4.78 is 30.4. The molecule has 0 aliphatic carbocycles. The molecule has 18 aromatic rings. The van der Waals surface area contributed by atoms with E-state index in [1.54, 1.807) is 6.07 Å². The molecular formula is C89H63FN4O2. The molecule has 0 aliphatic rings. The Morgan fingerprint density at radius 3 is 0.885 bits per heavy atom. The van der Waals surface area contributed by atoms with Crippen molar-refractivity contribution in [2.45, 2.75) is 20.8 Å². The summed E-state index contributed by atoms with van der Waals surface area (Å²) in [5.41, 5.74) is 26.8. The van der Waals surface area contributed by atoms with Crippen molar-refractivity contribution >= 4 is 65.8 Å². The van der Waals surface area contributed by atoms with Crippen LogP contribution in [0.4, 0.5) is 4.39 Å². The molecule has 4 aromatic heterocycles. The normalized spacial score (nSPS) is 11.3. The van der Waals surface area contributed by atoms with E-state index in [9.17, 15) is 4.39 Å². The molecule has 0 saturated carbocycles. The number of nitrogens with zero attached hydrogens (tertiary/aromatic N) is 4. The number of para-hydroxylation sites is 4. The standard InChI is InChI=1S/C44H30N2O.C43H27FN2O.C2H6/c1-29-18-27-40-43(28-29)47-44(45-40)32-21-19-30(20-22-32)34-10-2-4-12-36(34)37-13-5-3-11-35(37)31-23-25-33(26-24-31)46-41-16-8-6-14-38(41)39-15-7-9-17-42(39)46;44-31-23-26-39-42(27-31)47-43(45-39)30-19-17-28(18-20-30)33-9-1-3-11-35(33)36-12-4-2-10-34(36)29-21-24-32(25-22-29)46-40-15-7-5-13-37(40)38-14-6-8-16-41(38)46;1-2/h2-28H,1H3;1-27H;1-2H3. The topological polar surface area (TPSA) is 61.9 Å². The van der Waals surface area contributed by atoms with E-state index in [-0.39, 0.29) is 5.82 Å². The largest absolute Gasteiger partial charge is 0.436 e. The number of hydrogen-bond acceptors (Lipinski definition) is 4. The molecule has 96 heavy (non-hydrogen) atoms. The maximum atomic E-state index is 13.7. The second kappa shape index (κ2) is 25.2. The molecule has 0 fully saturated rings. The second-order valence-electron chi connectivity index (χ2n) is 23.8. The maximum absolute atomic E-state index is 13.7. The molecule has 14 aromatic carbocycles. The van der Waals surface area contributed by atoms with Gasteiger partial charge in [-0.1, -0.05) is 238 Å². The summed E-state index contributed by atoms with van der Waals surface area (Å²) in [6.07, 6.45) is 0. The third-order valence-corrected chi connectivity index (χ3v) is 18.1. The molecule has 0 bridgehead atoms. The van der Waals surface area contributed by atoms with Crippen LogP contribution in [0.2, 0.25) is 0 Å². The highest BCUT2D eigenvalue weighted by atomic mass is 19.1. The number of fused-ring (bicyclic) bond motifs is 8. The first-order valence-corrected chi connectivity index (χ1v) is 32.6. The molecule has 4 heterocycles. The van der Waals surface area contributed by atoms with Crippen molar-refractivity contribution in [1.29, 1.82) is 0 Å². The minimum Gasteiger partial charge on any atom is -0.436 e. The Labute approximate surface area is 555 Å². The molecule has 18 rings (SSSR count). The van der Waals surface area contributed by atoms with Crippen molar-refractivity contribution in [3.8, 4) is 101 Å². The van der Waals surface area contributed by atoms with Crippen molar-refractivity contribution in [2.75, 3.05) is 0 Å². The Morgan fingerprint density at radius 1 is 0.271 bits per heavy atom. The number of oxazole rings is 2. The van der Waals surface area contributed by atoms with Gasteiger partial charge < -0.3 is 18.0 Å². The molecule has 0 unspecified atom stereocenters.